The molecular formula is C20H18FN3O3S. The number of halogens is 1. The van der Waals surface area contributed by atoms with E-state index in [2.05, 4.69) is 9.97 Å². The van der Waals surface area contributed by atoms with Gasteiger partial charge in [-0.05, 0) is 24.3 Å². The van der Waals surface area contributed by atoms with Crippen molar-refractivity contribution in [2.24, 2.45) is 0 Å². The number of sulfonamides is 1. The number of ether oxygens (including phenoxy) is 1. The summed E-state index contributed by atoms with van der Waals surface area (Å²) in [5.74, 6) is -0.382. The van der Waals surface area contributed by atoms with Crippen LogP contribution in [0.1, 0.15) is 11.8 Å². The van der Waals surface area contributed by atoms with Crippen LogP contribution in [0.4, 0.5) is 4.39 Å². The number of hydrogen-bond acceptors (Lipinski definition) is 5. The van der Waals surface area contributed by atoms with E-state index in [9.17, 15) is 12.8 Å². The Balaban J connectivity index is 1.66. The van der Waals surface area contributed by atoms with Crippen LogP contribution < -0.4 is 0 Å². The molecule has 0 unspecified atom stereocenters. The Labute approximate surface area is 162 Å². The Hall–Kier alpha value is -2.68. The molecule has 0 bridgehead atoms. The van der Waals surface area contributed by atoms with Crippen molar-refractivity contribution < 1.29 is 17.5 Å². The summed E-state index contributed by atoms with van der Waals surface area (Å²) in [6.07, 6.45) is 2.44. The van der Waals surface area contributed by atoms with E-state index in [1.54, 1.807) is 42.5 Å². The summed E-state index contributed by atoms with van der Waals surface area (Å²) < 4.78 is 46.8. The van der Waals surface area contributed by atoms with Gasteiger partial charge < -0.3 is 4.74 Å². The van der Waals surface area contributed by atoms with E-state index in [0.717, 1.165) is 0 Å². The van der Waals surface area contributed by atoms with E-state index in [4.69, 9.17) is 4.74 Å². The molecule has 3 aromatic rings. The van der Waals surface area contributed by atoms with Gasteiger partial charge in [0.05, 0.1) is 22.9 Å². The molecule has 1 atom stereocenters. The topological polar surface area (TPSA) is 72.4 Å². The van der Waals surface area contributed by atoms with Crippen LogP contribution in [0.2, 0.25) is 0 Å². The highest BCUT2D eigenvalue weighted by Crippen LogP contribution is 2.31. The summed E-state index contributed by atoms with van der Waals surface area (Å²) in [6, 6.07) is 14.3. The first-order valence-electron chi connectivity index (χ1n) is 8.79. The normalized spacial score (nSPS) is 18.1. The molecule has 2 aromatic carbocycles. The van der Waals surface area contributed by atoms with E-state index in [0.29, 0.717) is 17.0 Å². The fraction of sp³-hybridized carbons (Fsp3) is 0.200. The molecule has 4 rings (SSSR count). The van der Waals surface area contributed by atoms with Crippen LogP contribution in [0.3, 0.4) is 0 Å². The lowest BCUT2D eigenvalue weighted by Gasteiger charge is -2.32. The van der Waals surface area contributed by atoms with E-state index >= 15 is 0 Å². The highest BCUT2D eigenvalue weighted by molar-refractivity contribution is 7.89. The molecule has 1 aromatic heterocycles. The first kappa shape index (κ1) is 18.7. The van der Waals surface area contributed by atoms with Gasteiger partial charge in [0, 0.05) is 31.0 Å². The van der Waals surface area contributed by atoms with E-state index in [1.165, 1.54) is 28.8 Å². The van der Waals surface area contributed by atoms with Gasteiger partial charge in [-0.15, -0.1) is 0 Å². The number of nitrogens with zero attached hydrogens (tertiary/aromatic N) is 3. The number of rotatable bonds is 4. The SMILES string of the molecule is O=S(=O)(c1ccccc1)N1CCO[C@@H](c2nccnc2-c2cccc(F)c2)C1. The van der Waals surface area contributed by atoms with Crippen LogP contribution in [0.25, 0.3) is 11.3 Å². The molecule has 1 aliphatic rings. The second kappa shape index (κ2) is 7.75. The summed E-state index contributed by atoms with van der Waals surface area (Å²) in [6.45, 7) is 0.595. The molecule has 1 fully saturated rings. The zero-order valence-corrected chi connectivity index (χ0v) is 15.7. The lowest BCUT2D eigenvalue weighted by Crippen LogP contribution is -2.42. The van der Waals surface area contributed by atoms with Gasteiger partial charge in [0.25, 0.3) is 0 Å². The molecule has 0 N–H and O–H groups in total. The first-order chi connectivity index (χ1) is 13.6. The van der Waals surface area contributed by atoms with Crippen molar-refractivity contribution in [1.29, 1.82) is 0 Å². The van der Waals surface area contributed by atoms with Crippen molar-refractivity contribution in [2.45, 2.75) is 11.0 Å². The van der Waals surface area contributed by atoms with Crippen LogP contribution in [0.15, 0.2) is 71.9 Å². The molecule has 0 radical (unpaired) electrons. The van der Waals surface area contributed by atoms with Crippen LogP contribution in [-0.2, 0) is 14.8 Å². The highest BCUT2D eigenvalue weighted by Gasteiger charge is 2.33. The van der Waals surface area contributed by atoms with Crippen molar-refractivity contribution in [3.63, 3.8) is 0 Å². The number of hydrogen-bond donors (Lipinski definition) is 0. The van der Waals surface area contributed by atoms with Gasteiger partial charge in [0.1, 0.15) is 11.9 Å². The molecule has 2 heterocycles. The summed E-state index contributed by atoms with van der Waals surface area (Å²) in [5, 5.41) is 0. The largest absolute Gasteiger partial charge is 0.369 e. The van der Waals surface area contributed by atoms with Crippen LogP contribution >= 0.6 is 0 Å². The van der Waals surface area contributed by atoms with Crippen molar-refractivity contribution in [3.8, 4) is 11.3 Å². The average molecular weight is 399 g/mol. The summed E-state index contributed by atoms with van der Waals surface area (Å²) in [5.41, 5.74) is 1.53. The molecule has 28 heavy (non-hydrogen) atoms. The Morgan fingerprint density at radius 1 is 1.04 bits per heavy atom. The van der Waals surface area contributed by atoms with Gasteiger partial charge in [-0.2, -0.15) is 4.31 Å². The molecule has 0 spiro atoms. The third kappa shape index (κ3) is 3.66. The van der Waals surface area contributed by atoms with Crippen LogP contribution in [0.5, 0.6) is 0 Å². The molecule has 1 aliphatic heterocycles. The van der Waals surface area contributed by atoms with Crippen molar-refractivity contribution in [1.82, 2.24) is 14.3 Å². The number of aromatic nitrogens is 2. The van der Waals surface area contributed by atoms with Gasteiger partial charge in [0.2, 0.25) is 10.0 Å². The molecule has 6 nitrogen and oxygen atoms in total. The molecule has 0 amide bonds. The maximum atomic E-state index is 13.7. The zero-order chi connectivity index (χ0) is 19.6. The fourth-order valence-electron chi connectivity index (χ4n) is 3.19. The first-order valence-corrected chi connectivity index (χ1v) is 10.2. The third-order valence-electron chi connectivity index (χ3n) is 4.54. The average Bonchev–Trinajstić information content (AvgIpc) is 2.74. The predicted molar refractivity (Wildman–Crippen MR) is 101 cm³/mol. The maximum Gasteiger partial charge on any atom is 0.243 e. The minimum atomic E-state index is -3.64. The highest BCUT2D eigenvalue weighted by atomic mass is 32.2. The number of morpholine rings is 1. The predicted octanol–water partition coefficient (Wildman–Crippen LogP) is 3.04. The van der Waals surface area contributed by atoms with E-state index in [-0.39, 0.29) is 30.4 Å². The smallest absolute Gasteiger partial charge is 0.243 e. The monoisotopic (exact) mass is 399 g/mol. The van der Waals surface area contributed by atoms with Gasteiger partial charge in [-0.1, -0.05) is 30.3 Å². The molecule has 144 valence electrons. The second-order valence-electron chi connectivity index (χ2n) is 6.34. The Morgan fingerprint density at radius 2 is 1.82 bits per heavy atom. The number of benzene rings is 2. The quantitative estimate of drug-likeness (QED) is 0.674. The Kier molecular flexibility index (Phi) is 5.17. The molecular weight excluding hydrogens is 381 g/mol. The summed E-state index contributed by atoms with van der Waals surface area (Å²) in [4.78, 5) is 8.94. The summed E-state index contributed by atoms with van der Waals surface area (Å²) in [7, 11) is -3.64. The van der Waals surface area contributed by atoms with Crippen LogP contribution in [0, 0.1) is 5.82 Å². The Morgan fingerprint density at radius 3 is 2.61 bits per heavy atom. The minimum Gasteiger partial charge on any atom is -0.369 e. The maximum absolute atomic E-state index is 13.7. The fourth-order valence-corrected chi connectivity index (χ4v) is 4.64. The second-order valence-corrected chi connectivity index (χ2v) is 8.27. The summed E-state index contributed by atoms with van der Waals surface area (Å²) >= 11 is 0. The lowest BCUT2D eigenvalue weighted by atomic mass is 10.1. The minimum absolute atomic E-state index is 0.109. The van der Waals surface area contributed by atoms with Crippen molar-refractivity contribution >= 4 is 10.0 Å². The Bertz CT molecular complexity index is 1080. The van der Waals surface area contributed by atoms with E-state index < -0.39 is 16.1 Å². The van der Waals surface area contributed by atoms with E-state index in [1.807, 2.05) is 0 Å². The molecule has 1 saturated heterocycles. The lowest BCUT2D eigenvalue weighted by molar-refractivity contribution is -0.00477. The molecule has 8 heteroatoms. The van der Waals surface area contributed by atoms with Crippen LogP contribution in [-0.4, -0.2) is 42.4 Å². The van der Waals surface area contributed by atoms with Gasteiger partial charge in [0.15, 0.2) is 0 Å². The third-order valence-corrected chi connectivity index (χ3v) is 6.42. The zero-order valence-electron chi connectivity index (χ0n) is 14.9. The van der Waals surface area contributed by atoms with Gasteiger partial charge in [-0.3, -0.25) is 9.97 Å². The molecule has 0 aliphatic carbocycles. The standard InChI is InChI=1S/C20H18FN3O3S/c21-16-6-4-5-15(13-16)19-20(23-10-9-22-19)18-14-24(11-12-27-18)28(25,26)17-7-2-1-3-8-17/h1-10,13,18H,11-12,14H2/t18-/m1/s1. The van der Waals surface area contributed by atoms with Crippen molar-refractivity contribution in [3.05, 3.63) is 78.5 Å². The van der Waals surface area contributed by atoms with Gasteiger partial charge >= 0.3 is 0 Å². The van der Waals surface area contributed by atoms with Crippen molar-refractivity contribution in [2.75, 3.05) is 19.7 Å². The molecule has 0 saturated carbocycles. The van der Waals surface area contributed by atoms with Gasteiger partial charge in [-0.25, -0.2) is 12.8 Å².